The lowest BCUT2D eigenvalue weighted by atomic mass is 10.2. The van der Waals surface area contributed by atoms with Crippen LogP contribution in [0.4, 0.5) is 8.78 Å². The molecular formula is C15H17F2N3O2. The molecule has 0 fully saturated rings. The van der Waals surface area contributed by atoms with Crippen molar-refractivity contribution < 1.29 is 18.3 Å². The Hall–Kier alpha value is -2.44. The largest absolute Gasteiger partial charge is 0.481 e. The maximum atomic E-state index is 13.3. The van der Waals surface area contributed by atoms with Gasteiger partial charge in [0.1, 0.15) is 5.82 Å². The third kappa shape index (κ3) is 4.54. The summed E-state index contributed by atoms with van der Waals surface area (Å²) in [6, 6.07) is 4.67. The van der Waals surface area contributed by atoms with E-state index >= 15 is 0 Å². The molecule has 1 aromatic carbocycles. The van der Waals surface area contributed by atoms with Gasteiger partial charge in [-0.2, -0.15) is 5.10 Å². The number of H-pyrrole nitrogens is 1. The molecule has 2 N–H and O–H groups in total. The summed E-state index contributed by atoms with van der Waals surface area (Å²) in [4.78, 5) is 11.7. The maximum Gasteiger partial charge on any atom is 0.258 e. The van der Waals surface area contributed by atoms with E-state index in [2.05, 4.69) is 15.5 Å². The summed E-state index contributed by atoms with van der Waals surface area (Å²) in [5.41, 5.74) is 1.79. The smallest absolute Gasteiger partial charge is 0.258 e. The van der Waals surface area contributed by atoms with Gasteiger partial charge in [-0.3, -0.25) is 9.89 Å². The molecule has 1 atom stereocenters. The zero-order valence-electron chi connectivity index (χ0n) is 12.3. The number of aromatic amines is 1. The quantitative estimate of drug-likeness (QED) is 0.859. The number of carbonyl (C=O) groups is 1. The molecule has 0 radical (unpaired) electrons. The van der Waals surface area contributed by atoms with Crippen molar-refractivity contribution in [3.63, 3.8) is 0 Å². The summed E-state index contributed by atoms with van der Waals surface area (Å²) in [6.07, 6.45) is 0.570. The minimum absolute atomic E-state index is 0.142. The van der Waals surface area contributed by atoms with E-state index in [0.717, 1.165) is 23.5 Å². The number of benzene rings is 1. The lowest BCUT2D eigenvalue weighted by molar-refractivity contribution is -0.123. The van der Waals surface area contributed by atoms with Crippen LogP contribution in [0.5, 0.6) is 5.75 Å². The van der Waals surface area contributed by atoms with Gasteiger partial charge in [-0.25, -0.2) is 8.78 Å². The first-order valence-electron chi connectivity index (χ1n) is 6.82. The van der Waals surface area contributed by atoms with E-state index in [1.165, 1.54) is 0 Å². The van der Waals surface area contributed by atoms with Gasteiger partial charge in [0.05, 0.1) is 5.69 Å². The van der Waals surface area contributed by atoms with Gasteiger partial charge in [0, 0.05) is 24.2 Å². The predicted molar refractivity (Wildman–Crippen MR) is 76.5 cm³/mol. The number of rotatable bonds is 6. The molecule has 0 aliphatic heterocycles. The molecule has 2 rings (SSSR count). The van der Waals surface area contributed by atoms with Gasteiger partial charge in [-0.05, 0) is 32.0 Å². The van der Waals surface area contributed by atoms with Crippen molar-refractivity contribution in [3.05, 3.63) is 47.3 Å². The summed E-state index contributed by atoms with van der Waals surface area (Å²) in [5, 5.41) is 9.63. The summed E-state index contributed by atoms with van der Waals surface area (Å²) >= 11 is 0. The summed E-state index contributed by atoms with van der Waals surface area (Å²) in [6.45, 7) is 3.39. The van der Waals surface area contributed by atoms with Crippen molar-refractivity contribution in [2.75, 3.05) is 6.61 Å². The summed E-state index contributed by atoms with van der Waals surface area (Å²) < 4.78 is 31.1. The lowest BCUT2D eigenvalue weighted by Gasteiger charge is -2.13. The molecular weight excluding hydrogens is 292 g/mol. The first kappa shape index (κ1) is 15.9. The summed E-state index contributed by atoms with van der Waals surface area (Å²) in [5.74, 6) is -2.08. The molecule has 0 aliphatic rings. The molecule has 1 aromatic heterocycles. The fraction of sp³-hybridized carbons (Fsp3) is 0.333. The Bertz CT molecular complexity index is 658. The molecule has 2 aromatic rings. The fourth-order valence-corrected chi connectivity index (χ4v) is 2.00. The van der Waals surface area contributed by atoms with Crippen molar-refractivity contribution in [2.45, 2.75) is 26.3 Å². The number of nitrogens with one attached hydrogen (secondary N) is 2. The van der Waals surface area contributed by atoms with Crippen LogP contribution >= 0.6 is 0 Å². The number of nitrogens with zero attached hydrogens (tertiary/aromatic N) is 1. The van der Waals surface area contributed by atoms with Crippen molar-refractivity contribution >= 4 is 5.91 Å². The number of halogens is 2. The van der Waals surface area contributed by atoms with E-state index in [1.54, 1.807) is 0 Å². The van der Waals surface area contributed by atoms with Crippen LogP contribution in [-0.2, 0) is 11.2 Å². The van der Waals surface area contributed by atoms with Gasteiger partial charge < -0.3 is 10.1 Å². The van der Waals surface area contributed by atoms with Gasteiger partial charge in [0.15, 0.2) is 18.2 Å². The van der Waals surface area contributed by atoms with Crippen LogP contribution in [0.15, 0.2) is 24.3 Å². The second kappa shape index (κ2) is 7.02. The Kier molecular flexibility index (Phi) is 5.08. The molecule has 118 valence electrons. The molecule has 7 heteroatoms. The first-order valence-corrected chi connectivity index (χ1v) is 6.82. The average molecular weight is 309 g/mol. The van der Waals surface area contributed by atoms with E-state index in [4.69, 9.17) is 4.74 Å². The molecule has 1 unspecified atom stereocenters. The Morgan fingerprint density at radius 3 is 2.82 bits per heavy atom. The predicted octanol–water partition coefficient (Wildman–Crippen LogP) is 2.12. The van der Waals surface area contributed by atoms with E-state index in [-0.39, 0.29) is 24.3 Å². The second-order valence-electron chi connectivity index (χ2n) is 5.08. The summed E-state index contributed by atoms with van der Waals surface area (Å²) in [7, 11) is 0. The van der Waals surface area contributed by atoms with Crippen LogP contribution in [0.3, 0.4) is 0 Å². The van der Waals surface area contributed by atoms with Crippen LogP contribution in [0.2, 0.25) is 0 Å². The number of aryl methyl sites for hydroxylation is 1. The number of hydrogen-bond donors (Lipinski definition) is 2. The SMILES string of the molecule is Cc1cc(CC(C)NC(=O)COc2ccc(F)cc2F)n[nH]1. The van der Waals surface area contributed by atoms with Gasteiger partial charge >= 0.3 is 0 Å². The number of carbonyl (C=O) groups excluding carboxylic acids is 1. The van der Waals surface area contributed by atoms with Crippen LogP contribution < -0.4 is 10.1 Å². The third-order valence-electron chi connectivity index (χ3n) is 2.93. The number of amides is 1. The highest BCUT2D eigenvalue weighted by molar-refractivity contribution is 5.77. The van der Waals surface area contributed by atoms with Crippen molar-refractivity contribution in [1.82, 2.24) is 15.5 Å². The average Bonchev–Trinajstić information content (AvgIpc) is 2.82. The molecule has 5 nitrogen and oxygen atoms in total. The maximum absolute atomic E-state index is 13.3. The minimum Gasteiger partial charge on any atom is -0.481 e. The van der Waals surface area contributed by atoms with E-state index < -0.39 is 11.6 Å². The van der Waals surface area contributed by atoms with Crippen LogP contribution in [0, 0.1) is 18.6 Å². The van der Waals surface area contributed by atoms with Crippen LogP contribution in [0.1, 0.15) is 18.3 Å². The van der Waals surface area contributed by atoms with Gasteiger partial charge in [0.25, 0.3) is 5.91 Å². The fourth-order valence-electron chi connectivity index (χ4n) is 2.00. The molecule has 1 heterocycles. The monoisotopic (exact) mass is 309 g/mol. The zero-order chi connectivity index (χ0) is 16.1. The molecule has 0 saturated carbocycles. The topological polar surface area (TPSA) is 67.0 Å². The van der Waals surface area contributed by atoms with E-state index in [9.17, 15) is 13.6 Å². The highest BCUT2D eigenvalue weighted by Gasteiger charge is 2.12. The highest BCUT2D eigenvalue weighted by Crippen LogP contribution is 2.17. The molecule has 0 spiro atoms. The Morgan fingerprint density at radius 1 is 1.41 bits per heavy atom. The Balaban J connectivity index is 1.79. The molecule has 0 bridgehead atoms. The second-order valence-corrected chi connectivity index (χ2v) is 5.08. The van der Waals surface area contributed by atoms with Crippen molar-refractivity contribution in [3.8, 4) is 5.75 Å². The lowest BCUT2D eigenvalue weighted by Crippen LogP contribution is -2.37. The highest BCUT2D eigenvalue weighted by atomic mass is 19.1. The Morgan fingerprint density at radius 2 is 2.18 bits per heavy atom. The number of ether oxygens (including phenoxy) is 1. The van der Waals surface area contributed by atoms with Gasteiger partial charge in [-0.15, -0.1) is 0 Å². The molecule has 22 heavy (non-hydrogen) atoms. The minimum atomic E-state index is -0.840. The third-order valence-corrected chi connectivity index (χ3v) is 2.93. The molecule has 0 aliphatic carbocycles. The van der Waals surface area contributed by atoms with Crippen LogP contribution in [-0.4, -0.2) is 28.8 Å². The number of aromatic nitrogens is 2. The zero-order valence-corrected chi connectivity index (χ0v) is 12.3. The molecule has 0 saturated heterocycles. The number of hydrogen-bond acceptors (Lipinski definition) is 3. The van der Waals surface area contributed by atoms with E-state index in [0.29, 0.717) is 12.5 Å². The van der Waals surface area contributed by atoms with Gasteiger partial charge in [-0.1, -0.05) is 0 Å². The van der Waals surface area contributed by atoms with E-state index in [1.807, 2.05) is 19.9 Å². The first-order chi connectivity index (χ1) is 10.4. The Labute approximate surface area is 126 Å². The van der Waals surface area contributed by atoms with Crippen molar-refractivity contribution in [2.24, 2.45) is 0 Å². The van der Waals surface area contributed by atoms with Gasteiger partial charge in [0.2, 0.25) is 0 Å². The molecule has 1 amide bonds. The van der Waals surface area contributed by atoms with Crippen molar-refractivity contribution in [1.29, 1.82) is 0 Å². The van der Waals surface area contributed by atoms with Crippen LogP contribution in [0.25, 0.3) is 0 Å². The normalized spacial score (nSPS) is 12.0. The standard InChI is InChI=1S/C15H17F2N3O2/c1-9(5-12-6-10(2)19-20-12)18-15(21)8-22-14-4-3-11(16)7-13(14)17/h3-4,6-7,9H,5,8H2,1-2H3,(H,18,21)(H,19,20).